The maximum Gasteiger partial charge on any atom is 0.275 e. The van der Waals surface area contributed by atoms with Gasteiger partial charge in [-0.15, -0.1) is 0 Å². The normalized spacial score (nSPS) is 10.8. The van der Waals surface area contributed by atoms with Crippen molar-refractivity contribution >= 4 is 11.0 Å². The molecule has 0 unspecified atom stereocenters. The average Bonchev–Trinajstić information content (AvgIpc) is 2.90. The minimum Gasteiger partial charge on any atom is -0.496 e. The molecule has 0 aliphatic rings. The number of ether oxygens (including phenoxy) is 1. The lowest BCUT2D eigenvalue weighted by atomic mass is 10.1. The summed E-state index contributed by atoms with van der Waals surface area (Å²) in [7, 11) is 1.43. The van der Waals surface area contributed by atoms with Gasteiger partial charge in [-0.3, -0.25) is 4.79 Å². The van der Waals surface area contributed by atoms with E-state index >= 15 is 0 Å². The smallest absolute Gasteiger partial charge is 0.275 e. The van der Waals surface area contributed by atoms with E-state index in [4.69, 9.17) is 9.15 Å². The van der Waals surface area contributed by atoms with E-state index in [0.717, 1.165) is 0 Å². The van der Waals surface area contributed by atoms with Gasteiger partial charge in [-0.1, -0.05) is 0 Å². The van der Waals surface area contributed by atoms with Gasteiger partial charge >= 0.3 is 0 Å². The number of benzene rings is 1. The molecule has 0 atom stereocenters. The lowest BCUT2D eigenvalue weighted by molar-refractivity contribution is 0.412. The minimum absolute atomic E-state index is 0.317. The van der Waals surface area contributed by atoms with Crippen LogP contribution in [-0.4, -0.2) is 17.3 Å². The molecule has 0 amide bonds. The van der Waals surface area contributed by atoms with E-state index in [1.165, 1.54) is 31.6 Å². The number of methoxy groups -OCH3 is 1. The SMILES string of the molecule is COc1cc(F)ccc1-c1n[nH]c(=O)c2ccoc12. The van der Waals surface area contributed by atoms with Gasteiger partial charge in [-0.05, 0) is 18.2 Å². The van der Waals surface area contributed by atoms with E-state index in [1.807, 2.05) is 0 Å². The molecule has 96 valence electrons. The van der Waals surface area contributed by atoms with Crippen molar-refractivity contribution in [2.75, 3.05) is 7.11 Å². The minimum atomic E-state index is -0.416. The predicted molar refractivity (Wildman–Crippen MR) is 66.6 cm³/mol. The Kier molecular flexibility index (Phi) is 2.56. The highest BCUT2D eigenvalue weighted by Crippen LogP contribution is 2.32. The Balaban J connectivity index is 2.33. The van der Waals surface area contributed by atoms with E-state index in [2.05, 4.69) is 10.2 Å². The first-order chi connectivity index (χ1) is 9.20. The molecule has 3 aromatic rings. The molecular formula is C13H9FN2O3. The molecule has 19 heavy (non-hydrogen) atoms. The first-order valence-electron chi connectivity index (χ1n) is 5.50. The molecule has 0 saturated carbocycles. The molecule has 0 bridgehead atoms. The molecule has 2 aromatic heterocycles. The van der Waals surface area contributed by atoms with Gasteiger partial charge < -0.3 is 9.15 Å². The second kappa shape index (κ2) is 4.24. The number of hydrogen-bond donors (Lipinski definition) is 1. The van der Waals surface area contributed by atoms with Crippen LogP contribution in [0.5, 0.6) is 5.75 Å². The third-order valence-electron chi connectivity index (χ3n) is 2.81. The molecule has 0 radical (unpaired) electrons. The van der Waals surface area contributed by atoms with Crippen molar-refractivity contribution in [3.05, 3.63) is 46.7 Å². The fourth-order valence-corrected chi connectivity index (χ4v) is 1.93. The number of hydrogen-bond acceptors (Lipinski definition) is 4. The Labute approximate surface area is 106 Å². The number of nitrogens with zero attached hydrogens (tertiary/aromatic N) is 1. The average molecular weight is 260 g/mol. The van der Waals surface area contributed by atoms with Crippen molar-refractivity contribution < 1.29 is 13.5 Å². The highest BCUT2D eigenvalue weighted by Gasteiger charge is 2.15. The number of aromatic nitrogens is 2. The number of halogens is 1. The van der Waals surface area contributed by atoms with Crippen LogP contribution in [0.25, 0.3) is 22.2 Å². The second-order valence-corrected chi connectivity index (χ2v) is 3.91. The Bertz CT molecular complexity index is 807. The van der Waals surface area contributed by atoms with Gasteiger partial charge in [0, 0.05) is 11.6 Å². The number of fused-ring (bicyclic) bond motifs is 1. The molecule has 0 aliphatic carbocycles. The molecule has 1 N–H and O–H groups in total. The Morgan fingerprint density at radius 3 is 3.00 bits per heavy atom. The van der Waals surface area contributed by atoms with E-state index in [9.17, 15) is 9.18 Å². The third-order valence-corrected chi connectivity index (χ3v) is 2.81. The van der Waals surface area contributed by atoms with Gasteiger partial charge in [0.25, 0.3) is 5.56 Å². The monoisotopic (exact) mass is 260 g/mol. The summed E-state index contributed by atoms with van der Waals surface area (Å²) in [5.41, 5.74) is 0.943. The maximum atomic E-state index is 13.2. The van der Waals surface area contributed by atoms with Crippen LogP contribution in [0.1, 0.15) is 0 Å². The zero-order chi connectivity index (χ0) is 13.4. The van der Waals surface area contributed by atoms with Crippen LogP contribution in [0.3, 0.4) is 0 Å². The van der Waals surface area contributed by atoms with E-state index in [0.29, 0.717) is 28.0 Å². The molecule has 0 saturated heterocycles. The predicted octanol–water partition coefficient (Wildman–Crippen LogP) is 2.33. The second-order valence-electron chi connectivity index (χ2n) is 3.91. The lowest BCUT2D eigenvalue weighted by Gasteiger charge is -2.07. The van der Waals surface area contributed by atoms with Crippen molar-refractivity contribution in [1.29, 1.82) is 0 Å². The molecule has 2 heterocycles. The fourth-order valence-electron chi connectivity index (χ4n) is 1.93. The molecule has 0 aliphatic heterocycles. The number of H-pyrrole nitrogens is 1. The van der Waals surface area contributed by atoms with E-state index < -0.39 is 5.82 Å². The topological polar surface area (TPSA) is 68.1 Å². The van der Waals surface area contributed by atoms with Gasteiger partial charge in [0.15, 0.2) is 5.58 Å². The van der Waals surface area contributed by atoms with Gasteiger partial charge in [0.2, 0.25) is 0 Å². The highest BCUT2D eigenvalue weighted by molar-refractivity contribution is 5.90. The molecule has 6 heteroatoms. The largest absolute Gasteiger partial charge is 0.496 e. The summed E-state index contributed by atoms with van der Waals surface area (Å²) in [6.45, 7) is 0. The van der Waals surface area contributed by atoms with Crippen molar-refractivity contribution in [2.24, 2.45) is 0 Å². The van der Waals surface area contributed by atoms with Crippen LogP contribution in [0, 0.1) is 5.82 Å². The van der Waals surface area contributed by atoms with Crippen LogP contribution in [0.15, 0.2) is 39.7 Å². The molecular weight excluding hydrogens is 251 g/mol. The van der Waals surface area contributed by atoms with Crippen LogP contribution in [0.2, 0.25) is 0 Å². The number of furan rings is 1. The number of aromatic amines is 1. The summed E-state index contributed by atoms with van der Waals surface area (Å²) in [4.78, 5) is 11.6. The highest BCUT2D eigenvalue weighted by atomic mass is 19.1. The van der Waals surface area contributed by atoms with Crippen molar-refractivity contribution in [1.82, 2.24) is 10.2 Å². The van der Waals surface area contributed by atoms with Gasteiger partial charge in [0.1, 0.15) is 17.3 Å². The summed E-state index contributed by atoms with van der Waals surface area (Å²) < 4.78 is 23.6. The van der Waals surface area contributed by atoms with E-state index in [1.54, 1.807) is 6.07 Å². The van der Waals surface area contributed by atoms with Gasteiger partial charge in [0.05, 0.1) is 18.8 Å². The van der Waals surface area contributed by atoms with Crippen LogP contribution < -0.4 is 10.3 Å². The Morgan fingerprint density at radius 2 is 2.21 bits per heavy atom. The number of rotatable bonds is 2. The Hall–Kier alpha value is -2.63. The lowest BCUT2D eigenvalue weighted by Crippen LogP contribution is -2.08. The summed E-state index contributed by atoms with van der Waals surface area (Å²) in [6, 6.07) is 5.61. The summed E-state index contributed by atoms with van der Waals surface area (Å²) >= 11 is 0. The van der Waals surface area contributed by atoms with Crippen LogP contribution in [-0.2, 0) is 0 Å². The summed E-state index contributed by atoms with van der Waals surface area (Å²) in [5.74, 6) is -0.0991. The van der Waals surface area contributed by atoms with Crippen molar-refractivity contribution in [3.8, 4) is 17.0 Å². The standard InChI is InChI=1S/C13H9FN2O3/c1-18-10-6-7(14)2-3-8(10)11-12-9(4-5-19-12)13(17)16-15-11/h2-6H,1H3,(H,16,17). The molecule has 5 nitrogen and oxygen atoms in total. The Morgan fingerprint density at radius 1 is 1.37 bits per heavy atom. The maximum absolute atomic E-state index is 13.2. The summed E-state index contributed by atoms with van der Waals surface area (Å²) in [6.07, 6.45) is 1.40. The molecule has 0 fully saturated rings. The van der Waals surface area contributed by atoms with Crippen molar-refractivity contribution in [3.63, 3.8) is 0 Å². The van der Waals surface area contributed by atoms with Crippen molar-refractivity contribution in [2.45, 2.75) is 0 Å². The summed E-state index contributed by atoms with van der Waals surface area (Å²) in [5, 5.41) is 6.72. The van der Waals surface area contributed by atoms with Gasteiger partial charge in [-0.25, -0.2) is 9.49 Å². The zero-order valence-corrected chi connectivity index (χ0v) is 9.94. The quantitative estimate of drug-likeness (QED) is 0.767. The van der Waals surface area contributed by atoms with Crippen LogP contribution in [0.4, 0.5) is 4.39 Å². The van der Waals surface area contributed by atoms with Crippen LogP contribution >= 0.6 is 0 Å². The fraction of sp³-hybridized carbons (Fsp3) is 0.0769. The first kappa shape index (κ1) is 11.5. The molecule has 3 rings (SSSR count). The molecule has 0 spiro atoms. The van der Waals surface area contributed by atoms with Gasteiger partial charge in [-0.2, -0.15) is 5.10 Å². The first-order valence-corrected chi connectivity index (χ1v) is 5.50. The number of nitrogens with one attached hydrogen (secondary N) is 1. The van der Waals surface area contributed by atoms with E-state index in [-0.39, 0.29) is 5.56 Å². The third kappa shape index (κ3) is 1.77. The molecule has 1 aromatic carbocycles. The zero-order valence-electron chi connectivity index (χ0n) is 9.94.